The van der Waals surface area contributed by atoms with Crippen LogP contribution in [0.2, 0.25) is 0 Å². The summed E-state index contributed by atoms with van der Waals surface area (Å²) >= 11 is 0. The van der Waals surface area contributed by atoms with Gasteiger partial charge in [0.05, 0.1) is 13.2 Å². The molecule has 32 heavy (non-hydrogen) atoms. The van der Waals surface area contributed by atoms with Gasteiger partial charge >= 0.3 is 5.97 Å². The number of carbonyl (C=O) groups excluding carboxylic acids is 2. The van der Waals surface area contributed by atoms with Crippen LogP contribution in [-0.4, -0.2) is 68.4 Å². The van der Waals surface area contributed by atoms with E-state index in [9.17, 15) is 9.59 Å². The number of morpholine rings is 1. The van der Waals surface area contributed by atoms with Gasteiger partial charge in [0.1, 0.15) is 5.75 Å². The van der Waals surface area contributed by atoms with Crippen LogP contribution in [0.3, 0.4) is 0 Å². The van der Waals surface area contributed by atoms with Gasteiger partial charge in [-0.05, 0) is 42.9 Å². The number of aryl methyl sites for hydroxylation is 1. The summed E-state index contributed by atoms with van der Waals surface area (Å²) in [6, 6.07) is 5.97. The SMILES string of the molecule is Cc1ccc(C(C)C)c(OCC(=O)OCC(=O)NCC2(N3CCOCC3)CCCCC2)c1. The van der Waals surface area contributed by atoms with Crippen molar-refractivity contribution in [3.05, 3.63) is 29.3 Å². The zero-order valence-corrected chi connectivity index (χ0v) is 19.8. The molecule has 1 aromatic rings. The van der Waals surface area contributed by atoms with Crippen molar-refractivity contribution in [2.45, 2.75) is 64.3 Å². The molecule has 1 aromatic carbocycles. The number of benzene rings is 1. The molecule has 1 aliphatic heterocycles. The molecule has 0 radical (unpaired) electrons. The molecule has 1 saturated heterocycles. The van der Waals surface area contributed by atoms with E-state index in [0.717, 1.165) is 50.3 Å². The minimum Gasteiger partial charge on any atom is -0.482 e. The van der Waals surface area contributed by atoms with Crippen LogP contribution in [0, 0.1) is 6.92 Å². The zero-order valence-electron chi connectivity index (χ0n) is 19.8. The first-order valence-electron chi connectivity index (χ1n) is 11.9. The van der Waals surface area contributed by atoms with Crippen molar-refractivity contribution in [1.29, 1.82) is 0 Å². The van der Waals surface area contributed by atoms with Crippen molar-refractivity contribution in [2.75, 3.05) is 46.1 Å². The Labute approximate surface area is 191 Å². The highest BCUT2D eigenvalue weighted by molar-refractivity contribution is 5.81. The van der Waals surface area contributed by atoms with Crippen LogP contribution in [0.15, 0.2) is 18.2 Å². The second kappa shape index (κ2) is 11.7. The van der Waals surface area contributed by atoms with Crippen molar-refractivity contribution >= 4 is 11.9 Å². The fraction of sp³-hybridized carbons (Fsp3) is 0.680. The average Bonchev–Trinajstić information content (AvgIpc) is 2.81. The molecule has 3 rings (SSSR count). The van der Waals surface area contributed by atoms with Crippen molar-refractivity contribution in [2.24, 2.45) is 0 Å². The summed E-state index contributed by atoms with van der Waals surface area (Å²) in [7, 11) is 0. The Morgan fingerprint density at radius 1 is 1.12 bits per heavy atom. The Morgan fingerprint density at radius 2 is 1.84 bits per heavy atom. The molecular formula is C25H38N2O5. The van der Waals surface area contributed by atoms with E-state index in [4.69, 9.17) is 14.2 Å². The Morgan fingerprint density at radius 3 is 2.53 bits per heavy atom. The maximum atomic E-state index is 12.4. The number of ether oxygens (including phenoxy) is 3. The molecule has 1 amide bonds. The number of amides is 1. The number of hydrogen-bond donors (Lipinski definition) is 1. The summed E-state index contributed by atoms with van der Waals surface area (Å²) in [6.07, 6.45) is 5.76. The molecule has 0 unspecified atom stereocenters. The molecule has 1 N–H and O–H groups in total. The highest BCUT2D eigenvalue weighted by atomic mass is 16.6. The lowest BCUT2D eigenvalue weighted by Gasteiger charge is -2.48. The summed E-state index contributed by atoms with van der Waals surface area (Å²) < 4.78 is 16.4. The van der Waals surface area contributed by atoms with Crippen molar-refractivity contribution in [1.82, 2.24) is 10.2 Å². The zero-order chi connectivity index (χ0) is 23.0. The highest BCUT2D eigenvalue weighted by Gasteiger charge is 2.38. The first kappa shape index (κ1) is 24.5. The van der Waals surface area contributed by atoms with Gasteiger partial charge in [0.15, 0.2) is 13.2 Å². The number of rotatable bonds is 9. The van der Waals surface area contributed by atoms with Crippen LogP contribution in [0.25, 0.3) is 0 Å². The van der Waals surface area contributed by atoms with Gasteiger partial charge in [-0.1, -0.05) is 45.2 Å². The van der Waals surface area contributed by atoms with E-state index in [1.807, 2.05) is 25.1 Å². The molecule has 0 spiro atoms. The third-order valence-electron chi connectivity index (χ3n) is 6.58. The first-order valence-corrected chi connectivity index (χ1v) is 11.9. The monoisotopic (exact) mass is 446 g/mol. The molecule has 1 heterocycles. The summed E-state index contributed by atoms with van der Waals surface area (Å²) in [5.74, 6) is 0.157. The quantitative estimate of drug-likeness (QED) is 0.587. The van der Waals surface area contributed by atoms with Gasteiger partial charge in [-0.25, -0.2) is 4.79 Å². The first-order chi connectivity index (χ1) is 15.4. The maximum absolute atomic E-state index is 12.4. The Kier molecular flexibility index (Phi) is 8.93. The van der Waals surface area contributed by atoms with E-state index in [1.54, 1.807) is 0 Å². The van der Waals surface area contributed by atoms with E-state index < -0.39 is 5.97 Å². The number of esters is 1. The van der Waals surface area contributed by atoms with E-state index >= 15 is 0 Å². The summed E-state index contributed by atoms with van der Waals surface area (Å²) in [5.41, 5.74) is 2.10. The molecule has 178 valence electrons. The molecule has 0 aromatic heterocycles. The van der Waals surface area contributed by atoms with Crippen LogP contribution in [-0.2, 0) is 19.1 Å². The van der Waals surface area contributed by atoms with Crippen molar-refractivity contribution in [3.63, 3.8) is 0 Å². The van der Waals surface area contributed by atoms with Gasteiger partial charge in [-0.2, -0.15) is 0 Å². The highest BCUT2D eigenvalue weighted by Crippen LogP contribution is 2.34. The molecule has 1 saturated carbocycles. The van der Waals surface area contributed by atoms with Crippen LogP contribution in [0.5, 0.6) is 5.75 Å². The van der Waals surface area contributed by atoms with E-state index in [2.05, 4.69) is 24.1 Å². The van der Waals surface area contributed by atoms with Gasteiger partial charge in [-0.15, -0.1) is 0 Å². The maximum Gasteiger partial charge on any atom is 0.344 e. The molecule has 7 nitrogen and oxygen atoms in total. The van der Waals surface area contributed by atoms with Gasteiger partial charge in [0.2, 0.25) is 0 Å². The number of nitrogens with zero attached hydrogens (tertiary/aromatic N) is 1. The third kappa shape index (κ3) is 6.69. The second-order valence-corrected chi connectivity index (χ2v) is 9.31. The lowest BCUT2D eigenvalue weighted by molar-refractivity contribution is -0.150. The van der Waals surface area contributed by atoms with Crippen molar-refractivity contribution < 1.29 is 23.8 Å². The molecule has 2 fully saturated rings. The molecule has 1 aliphatic carbocycles. The summed E-state index contributed by atoms with van der Waals surface area (Å²) in [4.78, 5) is 27.0. The van der Waals surface area contributed by atoms with Gasteiger partial charge < -0.3 is 19.5 Å². The Hall–Kier alpha value is -2.12. The minimum atomic E-state index is -0.545. The predicted octanol–water partition coefficient (Wildman–Crippen LogP) is 3.19. The van der Waals surface area contributed by atoms with Crippen LogP contribution >= 0.6 is 0 Å². The minimum absolute atomic E-state index is 0.0107. The number of hydrogen-bond acceptors (Lipinski definition) is 6. The van der Waals surface area contributed by atoms with Gasteiger partial charge in [0, 0.05) is 25.2 Å². The Balaban J connectivity index is 1.45. The number of carbonyl (C=O) groups is 2. The normalized spacial score (nSPS) is 18.9. The fourth-order valence-corrected chi connectivity index (χ4v) is 4.73. The van der Waals surface area contributed by atoms with Crippen LogP contribution in [0.1, 0.15) is 63.0 Å². The smallest absolute Gasteiger partial charge is 0.344 e. The molecule has 2 aliphatic rings. The van der Waals surface area contributed by atoms with Crippen LogP contribution < -0.4 is 10.1 Å². The van der Waals surface area contributed by atoms with E-state index in [-0.39, 0.29) is 30.6 Å². The summed E-state index contributed by atoms with van der Waals surface area (Å²) in [5, 5.41) is 3.01. The van der Waals surface area contributed by atoms with Gasteiger partial charge in [0.25, 0.3) is 5.91 Å². The molecule has 7 heteroatoms. The predicted molar refractivity (Wildman–Crippen MR) is 123 cm³/mol. The molecule has 0 atom stereocenters. The van der Waals surface area contributed by atoms with Crippen molar-refractivity contribution in [3.8, 4) is 5.75 Å². The lowest BCUT2D eigenvalue weighted by Crippen LogP contribution is -2.59. The largest absolute Gasteiger partial charge is 0.482 e. The second-order valence-electron chi connectivity index (χ2n) is 9.31. The average molecular weight is 447 g/mol. The standard InChI is InChI=1S/C25H38N2O5/c1-19(2)21-8-7-20(3)15-22(21)31-17-24(29)32-16-23(28)26-18-25(9-5-4-6-10-25)27-11-13-30-14-12-27/h7-8,15,19H,4-6,9-14,16-18H2,1-3H3,(H,26,28). The van der Waals surface area contributed by atoms with Crippen LogP contribution in [0.4, 0.5) is 0 Å². The van der Waals surface area contributed by atoms with E-state index in [1.165, 1.54) is 19.3 Å². The van der Waals surface area contributed by atoms with E-state index in [0.29, 0.717) is 12.3 Å². The fourth-order valence-electron chi connectivity index (χ4n) is 4.73. The Bertz CT molecular complexity index is 768. The number of nitrogens with one attached hydrogen (secondary N) is 1. The molecular weight excluding hydrogens is 408 g/mol. The molecule has 0 bridgehead atoms. The third-order valence-corrected chi connectivity index (χ3v) is 6.58. The lowest BCUT2D eigenvalue weighted by atomic mass is 9.79. The topological polar surface area (TPSA) is 77.1 Å². The summed E-state index contributed by atoms with van der Waals surface area (Å²) in [6.45, 7) is 9.52. The van der Waals surface area contributed by atoms with Gasteiger partial charge in [-0.3, -0.25) is 9.69 Å².